The highest BCUT2D eigenvalue weighted by Crippen LogP contribution is 2.39. The van der Waals surface area contributed by atoms with Gasteiger partial charge < -0.3 is 4.98 Å². The molecule has 5 heteroatoms. The first-order valence-electron chi connectivity index (χ1n) is 6.75. The van der Waals surface area contributed by atoms with Gasteiger partial charge in [-0.3, -0.25) is 14.5 Å². The first kappa shape index (κ1) is 12.1. The second kappa shape index (κ2) is 4.64. The molecular weight excluding hydrogens is 242 g/mol. The van der Waals surface area contributed by atoms with Crippen LogP contribution in [0.4, 0.5) is 0 Å². The summed E-state index contributed by atoms with van der Waals surface area (Å²) in [5.74, 6) is 0.282. The van der Waals surface area contributed by atoms with Crippen molar-refractivity contribution in [2.75, 3.05) is 0 Å². The van der Waals surface area contributed by atoms with Gasteiger partial charge in [-0.2, -0.15) is 0 Å². The van der Waals surface area contributed by atoms with Crippen LogP contribution in [-0.4, -0.2) is 26.7 Å². The van der Waals surface area contributed by atoms with Gasteiger partial charge in [0, 0.05) is 12.4 Å². The van der Waals surface area contributed by atoms with Crippen LogP contribution in [0.25, 0.3) is 0 Å². The van der Waals surface area contributed by atoms with E-state index in [0.717, 1.165) is 0 Å². The average Bonchev–Trinajstić information content (AvgIpc) is 3.04. The Kier molecular flexibility index (Phi) is 2.97. The van der Waals surface area contributed by atoms with Gasteiger partial charge in [-0.25, -0.2) is 4.98 Å². The van der Waals surface area contributed by atoms with Gasteiger partial charge in [0.1, 0.15) is 5.82 Å². The molecule has 2 aliphatic rings. The fourth-order valence-corrected chi connectivity index (χ4v) is 3.09. The van der Waals surface area contributed by atoms with Crippen molar-refractivity contribution in [3.63, 3.8) is 0 Å². The molecule has 1 aromatic rings. The minimum Gasteiger partial charge on any atom is -0.347 e. The summed E-state index contributed by atoms with van der Waals surface area (Å²) < 4.78 is 0. The molecule has 19 heavy (non-hydrogen) atoms. The lowest BCUT2D eigenvalue weighted by Crippen LogP contribution is -2.35. The van der Waals surface area contributed by atoms with Crippen molar-refractivity contribution in [3.05, 3.63) is 30.4 Å². The number of fused-ring (bicyclic) bond motifs is 1. The number of imide groups is 1. The number of H-pyrrole nitrogens is 1. The van der Waals surface area contributed by atoms with Gasteiger partial charge in [0.2, 0.25) is 11.8 Å². The van der Waals surface area contributed by atoms with E-state index in [1.54, 1.807) is 12.4 Å². The van der Waals surface area contributed by atoms with Crippen molar-refractivity contribution in [1.29, 1.82) is 0 Å². The number of hydrogen-bond acceptors (Lipinski definition) is 3. The maximum Gasteiger partial charge on any atom is 0.234 e. The Hall–Kier alpha value is -1.91. The number of carbonyl (C=O) groups is 2. The van der Waals surface area contributed by atoms with Crippen LogP contribution in [0.5, 0.6) is 0 Å². The molecule has 1 fully saturated rings. The van der Waals surface area contributed by atoms with Crippen LogP contribution in [0, 0.1) is 11.8 Å². The maximum atomic E-state index is 12.5. The van der Waals surface area contributed by atoms with E-state index in [9.17, 15) is 9.59 Å². The molecule has 3 rings (SSSR count). The summed E-state index contributed by atoms with van der Waals surface area (Å²) in [7, 11) is 0. The van der Waals surface area contributed by atoms with Gasteiger partial charge in [-0.05, 0) is 19.3 Å². The average molecular weight is 259 g/mol. The number of aromatic nitrogens is 2. The predicted molar refractivity (Wildman–Crippen MR) is 68.8 cm³/mol. The second-order valence-electron chi connectivity index (χ2n) is 5.10. The first-order chi connectivity index (χ1) is 9.24. The van der Waals surface area contributed by atoms with Crippen LogP contribution < -0.4 is 0 Å². The fourth-order valence-electron chi connectivity index (χ4n) is 3.09. The highest BCUT2D eigenvalue weighted by Gasteiger charge is 2.49. The van der Waals surface area contributed by atoms with Crippen LogP contribution in [0.1, 0.15) is 38.1 Å². The lowest BCUT2D eigenvalue weighted by molar-refractivity contribution is -0.143. The molecule has 1 saturated heterocycles. The normalized spacial score (nSPS) is 27.7. The van der Waals surface area contributed by atoms with Crippen molar-refractivity contribution in [1.82, 2.24) is 14.9 Å². The van der Waals surface area contributed by atoms with E-state index < -0.39 is 0 Å². The Morgan fingerprint density at radius 1 is 1.32 bits per heavy atom. The summed E-state index contributed by atoms with van der Waals surface area (Å²) in [6.07, 6.45) is 9.42. The molecule has 1 aromatic heterocycles. The summed E-state index contributed by atoms with van der Waals surface area (Å²) in [6.45, 7) is 1.97. The molecule has 0 radical (unpaired) electrons. The number of imidazole rings is 1. The second-order valence-corrected chi connectivity index (χ2v) is 5.10. The minimum atomic E-state index is -0.263. The Balaban J connectivity index is 1.92. The van der Waals surface area contributed by atoms with Gasteiger partial charge in [-0.1, -0.05) is 19.1 Å². The van der Waals surface area contributed by atoms with Crippen molar-refractivity contribution < 1.29 is 9.59 Å². The number of amides is 2. The van der Waals surface area contributed by atoms with Crippen molar-refractivity contribution in [2.24, 2.45) is 11.8 Å². The van der Waals surface area contributed by atoms with Gasteiger partial charge in [0.15, 0.2) is 0 Å². The molecule has 100 valence electrons. The van der Waals surface area contributed by atoms with E-state index >= 15 is 0 Å². The SMILES string of the molecule is CCC(c1ncc[nH]1)N1C(=O)[C@H]2CC=CC[C@H]2C1=O. The van der Waals surface area contributed by atoms with Crippen LogP contribution in [0.3, 0.4) is 0 Å². The Morgan fingerprint density at radius 2 is 1.95 bits per heavy atom. The first-order valence-corrected chi connectivity index (χ1v) is 6.75. The molecule has 2 amide bonds. The number of allylic oxidation sites excluding steroid dienone is 2. The Morgan fingerprint density at radius 3 is 2.42 bits per heavy atom. The third kappa shape index (κ3) is 1.80. The maximum absolute atomic E-state index is 12.5. The third-order valence-corrected chi connectivity index (χ3v) is 4.08. The smallest absolute Gasteiger partial charge is 0.234 e. The van der Waals surface area contributed by atoms with E-state index in [2.05, 4.69) is 9.97 Å². The van der Waals surface area contributed by atoms with Gasteiger partial charge in [-0.15, -0.1) is 0 Å². The van der Waals surface area contributed by atoms with Crippen molar-refractivity contribution >= 4 is 11.8 Å². The molecule has 0 aromatic carbocycles. The van der Waals surface area contributed by atoms with E-state index in [1.165, 1.54) is 4.90 Å². The Bertz CT molecular complexity index is 495. The molecule has 0 saturated carbocycles. The molecular formula is C14H17N3O2. The number of likely N-dealkylation sites (tertiary alicyclic amines) is 1. The molecule has 1 aliphatic carbocycles. The number of carbonyl (C=O) groups excluding carboxylic acids is 2. The van der Waals surface area contributed by atoms with Crippen LogP contribution in [0.15, 0.2) is 24.5 Å². The van der Waals surface area contributed by atoms with Crippen LogP contribution >= 0.6 is 0 Å². The number of rotatable bonds is 3. The van der Waals surface area contributed by atoms with E-state index in [4.69, 9.17) is 0 Å². The molecule has 1 N–H and O–H groups in total. The van der Waals surface area contributed by atoms with Gasteiger partial charge >= 0.3 is 0 Å². The summed E-state index contributed by atoms with van der Waals surface area (Å²) in [5, 5.41) is 0. The quantitative estimate of drug-likeness (QED) is 0.665. The van der Waals surface area contributed by atoms with Gasteiger partial charge in [0.05, 0.1) is 17.9 Å². The molecule has 5 nitrogen and oxygen atoms in total. The highest BCUT2D eigenvalue weighted by molar-refractivity contribution is 6.05. The zero-order chi connectivity index (χ0) is 13.4. The van der Waals surface area contributed by atoms with E-state index in [-0.39, 0.29) is 29.7 Å². The molecule has 1 unspecified atom stereocenters. The number of nitrogens with one attached hydrogen (secondary N) is 1. The van der Waals surface area contributed by atoms with Crippen molar-refractivity contribution in [2.45, 2.75) is 32.2 Å². The molecule has 0 spiro atoms. The summed E-state index contributed by atoms with van der Waals surface area (Å²) in [5.41, 5.74) is 0. The molecule has 1 aliphatic heterocycles. The van der Waals surface area contributed by atoms with E-state index in [1.807, 2.05) is 19.1 Å². The summed E-state index contributed by atoms with van der Waals surface area (Å²) >= 11 is 0. The zero-order valence-electron chi connectivity index (χ0n) is 10.9. The monoisotopic (exact) mass is 259 g/mol. The fraction of sp³-hybridized carbons (Fsp3) is 0.500. The van der Waals surface area contributed by atoms with Crippen LogP contribution in [0.2, 0.25) is 0 Å². The summed E-state index contributed by atoms with van der Waals surface area (Å²) in [6, 6.07) is -0.263. The topological polar surface area (TPSA) is 66.1 Å². The van der Waals surface area contributed by atoms with Crippen LogP contribution in [-0.2, 0) is 9.59 Å². The van der Waals surface area contributed by atoms with E-state index in [0.29, 0.717) is 25.1 Å². The lowest BCUT2D eigenvalue weighted by Gasteiger charge is -2.23. The Labute approximate surface area is 111 Å². The van der Waals surface area contributed by atoms with Gasteiger partial charge in [0.25, 0.3) is 0 Å². The molecule has 2 heterocycles. The predicted octanol–water partition coefficient (Wildman–Crippen LogP) is 1.81. The lowest BCUT2D eigenvalue weighted by atomic mass is 9.85. The largest absolute Gasteiger partial charge is 0.347 e. The number of nitrogens with zero attached hydrogens (tertiary/aromatic N) is 2. The zero-order valence-corrected chi connectivity index (χ0v) is 10.9. The minimum absolute atomic E-state index is 0.0393. The highest BCUT2D eigenvalue weighted by atomic mass is 16.2. The standard InChI is InChI=1S/C14H17N3O2/c1-2-11(12-15-7-8-16-12)17-13(18)9-5-3-4-6-10(9)14(17)19/h3-4,7-11H,2,5-6H2,1H3,(H,15,16)/t9-,10+,11?. The van der Waals surface area contributed by atoms with Crippen molar-refractivity contribution in [3.8, 4) is 0 Å². The third-order valence-electron chi connectivity index (χ3n) is 4.08. The molecule has 3 atom stereocenters. The summed E-state index contributed by atoms with van der Waals surface area (Å²) in [4.78, 5) is 33.6. The number of aromatic amines is 1. The molecule has 0 bridgehead atoms. The number of hydrogen-bond donors (Lipinski definition) is 1.